The molecule has 1 heterocycles. The van der Waals surface area contributed by atoms with Crippen molar-refractivity contribution >= 4 is 38.6 Å². The van der Waals surface area contributed by atoms with Gasteiger partial charge in [-0.05, 0) is 46.3 Å². The van der Waals surface area contributed by atoms with Crippen molar-refractivity contribution in [2.75, 3.05) is 7.11 Å². The van der Waals surface area contributed by atoms with E-state index in [2.05, 4.69) is 20.9 Å². The number of aromatic nitrogens is 2. The van der Waals surface area contributed by atoms with E-state index in [0.717, 1.165) is 22.5 Å². The fourth-order valence-electron chi connectivity index (χ4n) is 2.26. The SMILES string of the molecule is COc1ccc2c(c1)nc(CCl)n2-c1ccc(F)cc1Br. The van der Waals surface area contributed by atoms with Gasteiger partial charge in [-0.3, -0.25) is 4.57 Å². The molecule has 0 unspecified atom stereocenters. The second-order valence-electron chi connectivity index (χ2n) is 4.45. The molecule has 0 radical (unpaired) electrons. The van der Waals surface area contributed by atoms with Crippen LogP contribution in [0, 0.1) is 5.82 Å². The van der Waals surface area contributed by atoms with Crippen LogP contribution in [0.25, 0.3) is 16.7 Å². The van der Waals surface area contributed by atoms with E-state index < -0.39 is 0 Å². The van der Waals surface area contributed by atoms with E-state index >= 15 is 0 Å². The van der Waals surface area contributed by atoms with E-state index in [9.17, 15) is 4.39 Å². The molecule has 0 atom stereocenters. The van der Waals surface area contributed by atoms with Gasteiger partial charge in [-0.15, -0.1) is 11.6 Å². The summed E-state index contributed by atoms with van der Waals surface area (Å²) in [6, 6.07) is 10.1. The first-order valence-corrected chi connectivity index (χ1v) is 7.53. The molecule has 0 spiro atoms. The van der Waals surface area contributed by atoms with E-state index in [4.69, 9.17) is 16.3 Å². The monoisotopic (exact) mass is 368 g/mol. The van der Waals surface area contributed by atoms with Gasteiger partial charge in [0.1, 0.15) is 17.4 Å². The largest absolute Gasteiger partial charge is 0.497 e. The van der Waals surface area contributed by atoms with Crippen molar-refractivity contribution in [3.8, 4) is 11.4 Å². The van der Waals surface area contributed by atoms with Crippen LogP contribution in [-0.2, 0) is 5.88 Å². The Morgan fingerprint density at radius 3 is 2.76 bits per heavy atom. The zero-order chi connectivity index (χ0) is 15.0. The van der Waals surface area contributed by atoms with E-state index in [1.54, 1.807) is 13.2 Å². The quantitative estimate of drug-likeness (QED) is 0.627. The number of alkyl halides is 1. The number of hydrogen-bond acceptors (Lipinski definition) is 2. The maximum Gasteiger partial charge on any atom is 0.129 e. The Morgan fingerprint density at radius 1 is 1.29 bits per heavy atom. The van der Waals surface area contributed by atoms with Crippen molar-refractivity contribution in [2.24, 2.45) is 0 Å². The van der Waals surface area contributed by atoms with Crippen LogP contribution in [0.3, 0.4) is 0 Å². The van der Waals surface area contributed by atoms with Crippen LogP contribution in [0.5, 0.6) is 5.75 Å². The smallest absolute Gasteiger partial charge is 0.129 e. The molecule has 0 bridgehead atoms. The summed E-state index contributed by atoms with van der Waals surface area (Å²) in [6.45, 7) is 0. The normalized spacial score (nSPS) is 11.0. The number of hydrogen-bond donors (Lipinski definition) is 0. The highest BCUT2D eigenvalue weighted by Crippen LogP contribution is 2.30. The summed E-state index contributed by atoms with van der Waals surface area (Å²) >= 11 is 9.40. The van der Waals surface area contributed by atoms with Crippen LogP contribution in [0.1, 0.15) is 5.82 Å². The summed E-state index contributed by atoms with van der Waals surface area (Å²) in [5.74, 6) is 1.36. The number of fused-ring (bicyclic) bond motifs is 1. The van der Waals surface area contributed by atoms with Crippen LogP contribution in [-0.4, -0.2) is 16.7 Å². The Hall–Kier alpha value is -1.59. The number of ether oxygens (including phenoxy) is 1. The Balaban J connectivity index is 2.29. The second kappa shape index (κ2) is 5.66. The van der Waals surface area contributed by atoms with Crippen LogP contribution in [0.15, 0.2) is 40.9 Å². The molecule has 0 amide bonds. The molecule has 3 nitrogen and oxygen atoms in total. The zero-order valence-corrected chi connectivity index (χ0v) is 13.4. The van der Waals surface area contributed by atoms with Gasteiger partial charge >= 0.3 is 0 Å². The van der Waals surface area contributed by atoms with Crippen molar-refractivity contribution in [3.05, 3.63) is 52.5 Å². The highest BCUT2D eigenvalue weighted by atomic mass is 79.9. The lowest BCUT2D eigenvalue weighted by molar-refractivity contribution is 0.415. The fraction of sp³-hybridized carbons (Fsp3) is 0.133. The molecule has 0 N–H and O–H groups in total. The molecule has 21 heavy (non-hydrogen) atoms. The topological polar surface area (TPSA) is 27.1 Å². The van der Waals surface area contributed by atoms with Crippen molar-refractivity contribution in [2.45, 2.75) is 5.88 Å². The van der Waals surface area contributed by atoms with Crippen LogP contribution < -0.4 is 4.74 Å². The Bertz CT molecular complexity index is 819. The van der Waals surface area contributed by atoms with Gasteiger partial charge in [0.25, 0.3) is 0 Å². The Morgan fingerprint density at radius 2 is 2.10 bits per heavy atom. The maximum atomic E-state index is 13.3. The van der Waals surface area contributed by atoms with Gasteiger partial charge in [-0.1, -0.05) is 0 Å². The molecule has 0 saturated carbocycles. The van der Waals surface area contributed by atoms with Crippen LogP contribution in [0.2, 0.25) is 0 Å². The minimum atomic E-state index is -0.302. The molecule has 0 aliphatic heterocycles. The number of imidazole rings is 1. The summed E-state index contributed by atoms with van der Waals surface area (Å²) in [4.78, 5) is 4.52. The lowest BCUT2D eigenvalue weighted by atomic mass is 10.2. The van der Waals surface area contributed by atoms with E-state index in [-0.39, 0.29) is 11.7 Å². The third kappa shape index (κ3) is 2.51. The van der Waals surface area contributed by atoms with E-state index in [0.29, 0.717) is 10.3 Å². The number of halogens is 3. The molecule has 3 rings (SSSR count). The van der Waals surface area contributed by atoms with Gasteiger partial charge < -0.3 is 4.74 Å². The van der Waals surface area contributed by atoms with Crippen LogP contribution >= 0.6 is 27.5 Å². The summed E-state index contributed by atoms with van der Waals surface area (Å²) < 4.78 is 21.0. The molecule has 6 heteroatoms. The van der Waals surface area contributed by atoms with Gasteiger partial charge in [0, 0.05) is 10.5 Å². The molecular formula is C15H11BrClFN2O. The molecule has 108 valence electrons. The first kappa shape index (κ1) is 14.4. The van der Waals surface area contributed by atoms with E-state index in [1.165, 1.54) is 12.1 Å². The van der Waals surface area contributed by atoms with Gasteiger partial charge in [0.15, 0.2) is 0 Å². The second-order valence-corrected chi connectivity index (χ2v) is 5.57. The number of nitrogens with zero attached hydrogens (tertiary/aromatic N) is 2. The molecule has 0 aliphatic rings. The molecular weight excluding hydrogens is 359 g/mol. The third-order valence-electron chi connectivity index (χ3n) is 3.20. The maximum absolute atomic E-state index is 13.3. The van der Waals surface area contributed by atoms with E-state index in [1.807, 2.05) is 22.8 Å². The highest BCUT2D eigenvalue weighted by Gasteiger charge is 2.14. The predicted molar refractivity (Wildman–Crippen MR) is 84.8 cm³/mol. The number of rotatable bonds is 3. The summed E-state index contributed by atoms with van der Waals surface area (Å²) in [5.41, 5.74) is 2.46. The molecule has 1 aromatic heterocycles. The molecule has 2 aromatic carbocycles. The number of benzene rings is 2. The minimum absolute atomic E-state index is 0.251. The summed E-state index contributed by atoms with van der Waals surface area (Å²) in [7, 11) is 1.61. The summed E-state index contributed by atoms with van der Waals surface area (Å²) in [6.07, 6.45) is 0. The van der Waals surface area contributed by atoms with Crippen LogP contribution in [0.4, 0.5) is 4.39 Å². The minimum Gasteiger partial charge on any atom is -0.497 e. The fourth-order valence-corrected chi connectivity index (χ4v) is 2.97. The van der Waals surface area contributed by atoms with Gasteiger partial charge in [0.2, 0.25) is 0 Å². The van der Waals surface area contributed by atoms with Gasteiger partial charge in [0.05, 0.1) is 29.7 Å². The lowest BCUT2D eigenvalue weighted by Gasteiger charge is -2.10. The lowest BCUT2D eigenvalue weighted by Crippen LogP contribution is -2.00. The molecule has 0 fully saturated rings. The van der Waals surface area contributed by atoms with Gasteiger partial charge in [-0.25, -0.2) is 9.37 Å². The van der Waals surface area contributed by atoms with Gasteiger partial charge in [-0.2, -0.15) is 0 Å². The predicted octanol–water partition coefficient (Wildman–Crippen LogP) is 4.67. The first-order valence-electron chi connectivity index (χ1n) is 6.21. The zero-order valence-electron chi connectivity index (χ0n) is 11.1. The molecule has 3 aromatic rings. The average Bonchev–Trinajstić information content (AvgIpc) is 2.84. The Kier molecular flexibility index (Phi) is 3.87. The summed E-state index contributed by atoms with van der Waals surface area (Å²) in [5, 5.41) is 0. The Labute approximate surface area is 134 Å². The van der Waals surface area contributed by atoms with Crippen molar-refractivity contribution in [3.63, 3.8) is 0 Å². The third-order valence-corrected chi connectivity index (χ3v) is 4.08. The van der Waals surface area contributed by atoms with Crippen molar-refractivity contribution in [1.82, 2.24) is 9.55 Å². The van der Waals surface area contributed by atoms with Crippen molar-refractivity contribution in [1.29, 1.82) is 0 Å². The highest BCUT2D eigenvalue weighted by molar-refractivity contribution is 9.10. The average molecular weight is 370 g/mol. The molecule has 0 saturated heterocycles. The first-order chi connectivity index (χ1) is 10.1. The molecule has 0 aliphatic carbocycles. The van der Waals surface area contributed by atoms with Crippen molar-refractivity contribution < 1.29 is 9.13 Å². The standard InChI is InChI=1S/C15H11BrClFN2O/c1-21-10-3-5-14-12(7-10)19-15(8-17)20(14)13-4-2-9(18)6-11(13)16/h2-7H,8H2,1H3. The number of methoxy groups -OCH3 is 1.